The average molecular weight is 236 g/mol. The minimum absolute atomic E-state index is 0.123. The first-order valence-corrected chi connectivity index (χ1v) is 7.05. The van der Waals surface area contributed by atoms with E-state index >= 15 is 0 Å². The lowest BCUT2D eigenvalue weighted by atomic mass is 10.1. The number of carbonyl (C=O) groups is 1. The van der Waals surface area contributed by atoms with E-state index in [4.69, 9.17) is 4.74 Å². The number of methoxy groups -OCH3 is 1. The largest absolute Gasteiger partial charge is 0.385 e. The molecule has 90 valence electrons. The second-order valence-electron chi connectivity index (χ2n) is 3.47. The number of ether oxygens (including phenoxy) is 1. The SMILES string of the molecule is CCS(=O)(=O)CCCC(=O)CCCOC. The molecular weight excluding hydrogens is 216 g/mol. The van der Waals surface area contributed by atoms with Gasteiger partial charge in [0.1, 0.15) is 15.6 Å². The van der Waals surface area contributed by atoms with E-state index in [0.29, 0.717) is 25.9 Å². The van der Waals surface area contributed by atoms with Gasteiger partial charge in [-0.05, 0) is 12.8 Å². The van der Waals surface area contributed by atoms with E-state index in [1.165, 1.54) is 0 Å². The minimum Gasteiger partial charge on any atom is -0.385 e. The van der Waals surface area contributed by atoms with E-state index in [1.54, 1.807) is 14.0 Å². The molecule has 0 aromatic carbocycles. The Balaban J connectivity index is 3.55. The van der Waals surface area contributed by atoms with Crippen LogP contribution in [0.4, 0.5) is 0 Å². The number of carbonyl (C=O) groups excluding carboxylic acids is 1. The number of Topliss-reactive ketones (excluding diaryl/α,β-unsaturated/α-hetero) is 1. The van der Waals surface area contributed by atoms with Crippen molar-refractivity contribution < 1.29 is 17.9 Å². The maximum Gasteiger partial charge on any atom is 0.150 e. The zero-order valence-corrected chi connectivity index (χ0v) is 10.3. The molecule has 0 saturated heterocycles. The summed E-state index contributed by atoms with van der Waals surface area (Å²) in [6.07, 6.45) is 2.01. The molecule has 4 nitrogen and oxygen atoms in total. The van der Waals surface area contributed by atoms with Crippen LogP contribution in [0, 0.1) is 0 Å². The second-order valence-corrected chi connectivity index (χ2v) is 5.95. The molecule has 0 aliphatic carbocycles. The van der Waals surface area contributed by atoms with Crippen molar-refractivity contribution in [3.8, 4) is 0 Å². The molecule has 0 fully saturated rings. The number of sulfone groups is 1. The van der Waals surface area contributed by atoms with Gasteiger partial charge in [0, 0.05) is 32.3 Å². The van der Waals surface area contributed by atoms with Gasteiger partial charge < -0.3 is 4.74 Å². The van der Waals surface area contributed by atoms with Crippen molar-refractivity contribution in [2.24, 2.45) is 0 Å². The normalized spacial score (nSPS) is 11.6. The third-order valence-electron chi connectivity index (χ3n) is 2.15. The molecule has 5 heteroatoms. The van der Waals surface area contributed by atoms with Gasteiger partial charge in [0.2, 0.25) is 0 Å². The highest BCUT2D eigenvalue weighted by atomic mass is 32.2. The molecule has 0 heterocycles. The van der Waals surface area contributed by atoms with Crippen molar-refractivity contribution >= 4 is 15.6 Å². The highest BCUT2D eigenvalue weighted by Gasteiger charge is 2.08. The molecule has 15 heavy (non-hydrogen) atoms. The molecule has 0 aliphatic heterocycles. The molecule has 0 unspecified atom stereocenters. The predicted molar refractivity (Wildman–Crippen MR) is 59.7 cm³/mol. The summed E-state index contributed by atoms with van der Waals surface area (Å²) in [5, 5.41) is 0. The van der Waals surface area contributed by atoms with Crippen LogP contribution in [0.3, 0.4) is 0 Å². The Morgan fingerprint density at radius 2 is 1.80 bits per heavy atom. The summed E-state index contributed by atoms with van der Waals surface area (Å²) in [5.74, 6) is 0.406. The third-order valence-corrected chi connectivity index (χ3v) is 3.95. The smallest absolute Gasteiger partial charge is 0.150 e. The molecule has 0 aliphatic rings. The molecule has 0 radical (unpaired) electrons. The van der Waals surface area contributed by atoms with E-state index in [1.807, 2.05) is 0 Å². The molecular formula is C10H20O4S. The Bertz CT molecular complexity index is 269. The Kier molecular flexibility index (Phi) is 7.60. The second kappa shape index (κ2) is 7.82. The number of rotatable bonds is 9. The summed E-state index contributed by atoms with van der Waals surface area (Å²) in [7, 11) is -1.32. The zero-order chi connectivity index (χ0) is 11.7. The lowest BCUT2D eigenvalue weighted by Gasteiger charge is -2.01. The standard InChI is InChI=1S/C10H20O4S/c1-3-15(12,13)9-5-7-10(11)6-4-8-14-2/h3-9H2,1-2H3. The monoisotopic (exact) mass is 236 g/mol. The van der Waals surface area contributed by atoms with Gasteiger partial charge >= 0.3 is 0 Å². The fourth-order valence-corrected chi connectivity index (χ4v) is 2.05. The maximum absolute atomic E-state index is 11.2. The van der Waals surface area contributed by atoms with Crippen molar-refractivity contribution in [3.63, 3.8) is 0 Å². The van der Waals surface area contributed by atoms with Crippen LogP contribution in [-0.2, 0) is 19.4 Å². The highest BCUT2D eigenvalue weighted by molar-refractivity contribution is 7.91. The first kappa shape index (κ1) is 14.6. The van der Waals surface area contributed by atoms with E-state index in [2.05, 4.69) is 0 Å². The van der Waals surface area contributed by atoms with Gasteiger partial charge in [-0.15, -0.1) is 0 Å². The van der Waals surface area contributed by atoms with E-state index < -0.39 is 9.84 Å². The molecule has 0 rings (SSSR count). The number of hydrogen-bond acceptors (Lipinski definition) is 4. The Hall–Kier alpha value is -0.420. The van der Waals surface area contributed by atoms with Crippen LogP contribution in [0.2, 0.25) is 0 Å². The molecule has 0 amide bonds. The highest BCUT2D eigenvalue weighted by Crippen LogP contribution is 2.02. The van der Waals surface area contributed by atoms with Gasteiger partial charge in [-0.2, -0.15) is 0 Å². The Morgan fingerprint density at radius 1 is 1.20 bits per heavy atom. The predicted octanol–water partition coefficient (Wildman–Crippen LogP) is 1.20. The van der Waals surface area contributed by atoms with E-state index in [9.17, 15) is 13.2 Å². The van der Waals surface area contributed by atoms with Crippen molar-refractivity contribution in [2.75, 3.05) is 25.2 Å². The fraction of sp³-hybridized carbons (Fsp3) is 0.900. The zero-order valence-electron chi connectivity index (χ0n) is 9.49. The van der Waals surface area contributed by atoms with Crippen LogP contribution in [0.5, 0.6) is 0 Å². The van der Waals surface area contributed by atoms with Gasteiger partial charge in [-0.1, -0.05) is 6.92 Å². The molecule has 0 atom stereocenters. The third kappa shape index (κ3) is 8.57. The first-order valence-electron chi connectivity index (χ1n) is 5.23. The minimum atomic E-state index is -2.92. The van der Waals surface area contributed by atoms with Crippen LogP contribution in [-0.4, -0.2) is 39.4 Å². The van der Waals surface area contributed by atoms with Crippen molar-refractivity contribution in [1.82, 2.24) is 0 Å². The molecule has 0 bridgehead atoms. The van der Waals surface area contributed by atoms with Crippen molar-refractivity contribution in [1.29, 1.82) is 0 Å². The summed E-state index contributed by atoms with van der Waals surface area (Å²) in [6, 6.07) is 0. The van der Waals surface area contributed by atoms with Crippen molar-refractivity contribution in [3.05, 3.63) is 0 Å². The van der Waals surface area contributed by atoms with Crippen LogP contribution >= 0.6 is 0 Å². The van der Waals surface area contributed by atoms with Crippen molar-refractivity contribution in [2.45, 2.75) is 32.6 Å². The van der Waals surface area contributed by atoms with Gasteiger partial charge in [-0.3, -0.25) is 4.79 Å². The number of hydrogen-bond donors (Lipinski definition) is 0. The lowest BCUT2D eigenvalue weighted by molar-refractivity contribution is -0.119. The lowest BCUT2D eigenvalue weighted by Crippen LogP contribution is -2.10. The van der Waals surface area contributed by atoms with Crippen LogP contribution < -0.4 is 0 Å². The summed E-state index contributed by atoms with van der Waals surface area (Å²) < 4.78 is 27.0. The van der Waals surface area contributed by atoms with Gasteiger partial charge in [-0.25, -0.2) is 8.42 Å². The van der Waals surface area contributed by atoms with Gasteiger partial charge in [0.05, 0.1) is 5.75 Å². The van der Waals surface area contributed by atoms with Crippen LogP contribution in [0.1, 0.15) is 32.6 Å². The summed E-state index contributed by atoms with van der Waals surface area (Å²) in [6.45, 7) is 2.20. The Morgan fingerprint density at radius 3 is 2.33 bits per heavy atom. The summed E-state index contributed by atoms with van der Waals surface area (Å²) >= 11 is 0. The number of ketones is 1. The molecule has 0 saturated carbocycles. The summed E-state index contributed by atoms with van der Waals surface area (Å²) in [5.41, 5.74) is 0. The summed E-state index contributed by atoms with van der Waals surface area (Å²) in [4.78, 5) is 11.2. The average Bonchev–Trinajstić information content (AvgIpc) is 2.18. The van der Waals surface area contributed by atoms with Gasteiger partial charge in [0.15, 0.2) is 0 Å². The maximum atomic E-state index is 11.2. The quantitative estimate of drug-likeness (QED) is 0.564. The topological polar surface area (TPSA) is 60.4 Å². The van der Waals surface area contributed by atoms with Crippen LogP contribution in [0.15, 0.2) is 0 Å². The first-order chi connectivity index (χ1) is 7.02. The van der Waals surface area contributed by atoms with E-state index in [0.717, 1.165) is 6.42 Å². The molecule has 0 aromatic rings. The van der Waals surface area contributed by atoms with E-state index in [-0.39, 0.29) is 17.3 Å². The van der Waals surface area contributed by atoms with Gasteiger partial charge in [0.25, 0.3) is 0 Å². The molecule has 0 N–H and O–H groups in total. The van der Waals surface area contributed by atoms with Crippen LogP contribution in [0.25, 0.3) is 0 Å². The fourth-order valence-electron chi connectivity index (χ4n) is 1.17. The molecule has 0 spiro atoms. The molecule has 0 aromatic heterocycles. The Labute approximate surface area is 91.9 Å².